The summed E-state index contributed by atoms with van der Waals surface area (Å²) < 4.78 is 11.9. The fourth-order valence-corrected chi connectivity index (χ4v) is 4.03. The van der Waals surface area contributed by atoms with E-state index < -0.39 is 0 Å². The summed E-state index contributed by atoms with van der Waals surface area (Å²) in [6.45, 7) is 12.6. The highest BCUT2D eigenvalue weighted by Gasteiger charge is 2.26. The van der Waals surface area contributed by atoms with Crippen molar-refractivity contribution >= 4 is 0 Å². The fourth-order valence-electron chi connectivity index (χ4n) is 4.03. The molecule has 1 atom stereocenters. The Morgan fingerprint density at radius 3 is 2.70 bits per heavy atom. The molecule has 1 aromatic carbocycles. The number of fused-ring (bicyclic) bond motifs is 2. The zero-order chi connectivity index (χ0) is 18.6. The van der Waals surface area contributed by atoms with Gasteiger partial charge in [0, 0.05) is 31.7 Å². The van der Waals surface area contributed by atoms with E-state index in [4.69, 9.17) is 9.47 Å². The molecule has 3 aliphatic rings. The molecule has 4 nitrogen and oxygen atoms in total. The Bertz CT molecular complexity index is 781. The van der Waals surface area contributed by atoms with Crippen molar-refractivity contribution in [1.29, 1.82) is 0 Å². The van der Waals surface area contributed by atoms with E-state index in [9.17, 15) is 0 Å². The maximum absolute atomic E-state index is 5.99. The van der Waals surface area contributed by atoms with Crippen LogP contribution in [-0.4, -0.2) is 49.0 Å². The number of benzene rings is 1. The van der Waals surface area contributed by atoms with Crippen LogP contribution in [0, 0.1) is 0 Å². The van der Waals surface area contributed by atoms with Crippen molar-refractivity contribution in [2.75, 3.05) is 33.1 Å². The summed E-state index contributed by atoms with van der Waals surface area (Å²) in [6, 6.07) is 6.59. The lowest BCUT2D eigenvalue weighted by Gasteiger charge is -2.35. The molecule has 1 aliphatic carbocycles. The normalized spacial score (nSPS) is 22.7. The molecule has 4 rings (SSSR count). The van der Waals surface area contributed by atoms with E-state index in [1.807, 2.05) is 12.2 Å². The van der Waals surface area contributed by atoms with Gasteiger partial charge in [0.1, 0.15) is 19.2 Å². The summed E-state index contributed by atoms with van der Waals surface area (Å²) in [4.78, 5) is 4.53. The van der Waals surface area contributed by atoms with E-state index in [0.717, 1.165) is 44.8 Å². The Kier molecular flexibility index (Phi) is 5.58. The van der Waals surface area contributed by atoms with Gasteiger partial charge in [-0.25, -0.2) is 0 Å². The molecular weight excluding hydrogens is 336 g/mol. The molecule has 4 heteroatoms. The molecule has 0 saturated carbocycles. The third-order valence-electron chi connectivity index (χ3n) is 5.35. The fraction of sp³-hybridized carbons (Fsp3) is 0.391. The number of ether oxygens (including phenoxy) is 2. The molecule has 0 bridgehead atoms. The first-order valence-electron chi connectivity index (χ1n) is 9.67. The number of hydrogen-bond acceptors (Lipinski definition) is 4. The van der Waals surface area contributed by atoms with E-state index in [2.05, 4.69) is 53.3 Å². The van der Waals surface area contributed by atoms with Crippen LogP contribution in [0.25, 0.3) is 0 Å². The van der Waals surface area contributed by atoms with Crippen LogP contribution in [0.4, 0.5) is 0 Å². The number of hydrogen-bond donors (Lipinski definition) is 0. The minimum Gasteiger partial charge on any atom is -0.478 e. The van der Waals surface area contributed by atoms with Crippen LogP contribution in [0.2, 0.25) is 0 Å². The Labute approximate surface area is 162 Å². The molecule has 0 amide bonds. The molecule has 142 valence electrons. The van der Waals surface area contributed by atoms with Gasteiger partial charge in [-0.2, -0.15) is 0 Å². The third-order valence-corrected chi connectivity index (χ3v) is 5.35. The highest BCUT2D eigenvalue weighted by molar-refractivity contribution is 5.42. The Balaban J connectivity index is 1.45. The van der Waals surface area contributed by atoms with E-state index in [1.165, 1.54) is 22.3 Å². The Hall–Kier alpha value is -2.14. The smallest absolute Gasteiger partial charge is 0.142 e. The van der Waals surface area contributed by atoms with Gasteiger partial charge in [-0.3, -0.25) is 9.80 Å². The molecule has 0 aromatic heterocycles. The molecule has 2 heterocycles. The van der Waals surface area contributed by atoms with Crippen molar-refractivity contribution in [1.82, 2.24) is 9.80 Å². The molecule has 27 heavy (non-hydrogen) atoms. The zero-order valence-corrected chi connectivity index (χ0v) is 15.9. The highest BCUT2D eigenvalue weighted by Crippen LogP contribution is 2.30. The quantitative estimate of drug-likeness (QED) is 0.719. The molecule has 0 N–H and O–H groups in total. The van der Waals surface area contributed by atoms with E-state index in [1.54, 1.807) is 0 Å². The predicted molar refractivity (Wildman–Crippen MR) is 109 cm³/mol. The summed E-state index contributed by atoms with van der Waals surface area (Å²) >= 11 is 0. The van der Waals surface area contributed by atoms with Crippen molar-refractivity contribution in [3.63, 3.8) is 0 Å². The van der Waals surface area contributed by atoms with Crippen LogP contribution in [0.5, 0.6) is 5.75 Å². The van der Waals surface area contributed by atoms with Gasteiger partial charge < -0.3 is 9.47 Å². The van der Waals surface area contributed by atoms with Gasteiger partial charge in [0.2, 0.25) is 0 Å². The monoisotopic (exact) mass is 364 g/mol. The lowest BCUT2D eigenvalue weighted by molar-refractivity contribution is -0.0298. The maximum Gasteiger partial charge on any atom is 0.142 e. The van der Waals surface area contributed by atoms with Gasteiger partial charge in [0.05, 0.1) is 6.10 Å². The van der Waals surface area contributed by atoms with Gasteiger partial charge >= 0.3 is 0 Å². The molecule has 2 aliphatic heterocycles. The SMILES string of the molecule is C=CCN1COC2CC=C(Cc3ccc4c(c3)CN(CC=C)CO4)C=C2C1. The second-order valence-electron chi connectivity index (χ2n) is 7.51. The maximum atomic E-state index is 5.99. The first kappa shape index (κ1) is 18.2. The molecule has 1 fully saturated rings. The summed E-state index contributed by atoms with van der Waals surface area (Å²) in [7, 11) is 0. The number of nitrogens with zero attached hydrogens (tertiary/aromatic N) is 2. The van der Waals surface area contributed by atoms with E-state index in [-0.39, 0.29) is 6.10 Å². The number of rotatable bonds is 6. The summed E-state index contributed by atoms with van der Waals surface area (Å²) in [5.74, 6) is 1.01. The molecule has 1 saturated heterocycles. The second kappa shape index (κ2) is 8.26. The van der Waals surface area contributed by atoms with Crippen molar-refractivity contribution < 1.29 is 9.47 Å². The third kappa shape index (κ3) is 4.24. The standard InChI is InChI=1S/C23H28N2O2/c1-3-9-24-14-20-12-18(5-7-22(20)26-16-24)11-19-6-8-23-21(13-19)15-25(10-4-2)17-27-23/h3-7,12-13,23H,1-2,8-11,14-17H2. The van der Waals surface area contributed by atoms with Crippen LogP contribution in [0.3, 0.4) is 0 Å². The molecular formula is C23H28N2O2. The predicted octanol–water partition coefficient (Wildman–Crippen LogP) is 3.67. The average molecular weight is 364 g/mol. The van der Waals surface area contributed by atoms with Gasteiger partial charge in [0.15, 0.2) is 0 Å². The van der Waals surface area contributed by atoms with Gasteiger partial charge in [-0.1, -0.05) is 36.4 Å². The summed E-state index contributed by atoms with van der Waals surface area (Å²) in [5.41, 5.74) is 5.36. The molecule has 1 aromatic rings. The average Bonchev–Trinajstić information content (AvgIpc) is 2.68. The van der Waals surface area contributed by atoms with Gasteiger partial charge in [0.25, 0.3) is 0 Å². The van der Waals surface area contributed by atoms with Crippen LogP contribution in [0.15, 0.2) is 66.8 Å². The van der Waals surface area contributed by atoms with Crippen LogP contribution >= 0.6 is 0 Å². The Morgan fingerprint density at radius 1 is 1.07 bits per heavy atom. The number of allylic oxidation sites excluding steroid dienone is 2. The molecule has 0 spiro atoms. The van der Waals surface area contributed by atoms with Crippen molar-refractivity contribution in [2.24, 2.45) is 0 Å². The van der Waals surface area contributed by atoms with E-state index >= 15 is 0 Å². The largest absolute Gasteiger partial charge is 0.478 e. The first-order valence-corrected chi connectivity index (χ1v) is 9.67. The van der Waals surface area contributed by atoms with Gasteiger partial charge in [-0.15, -0.1) is 13.2 Å². The Morgan fingerprint density at radius 2 is 1.89 bits per heavy atom. The summed E-state index contributed by atoms with van der Waals surface area (Å²) in [6.07, 6.45) is 10.7. The molecule has 0 radical (unpaired) electrons. The lowest BCUT2D eigenvalue weighted by atomic mass is 9.91. The first-order chi connectivity index (χ1) is 13.2. The molecule has 1 unspecified atom stereocenters. The van der Waals surface area contributed by atoms with Gasteiger partial charge in [-0.05, 0) is 35.6 Å². The van der Waals surface area contributed by atoms with Crippen LogP contribution in [0.1, 0.15) is 17.5 Å². The second-order valence-corrected chi connectivity index (χ2v) is 7.51. The van der Waals surface area contributed by atoms with Crippen molar-refractivity contribution in [3.05, 3.63) is 77.9 Å². The zero-order valence-electron chi connectivity index (χ0n) is 15.9. The highest BCUT2D eigenvalue weighted by atomic mass is 16.5. The minimum atomic E-state index is 0.249. The van der Waals surface area contributed by atoms with Crippen molar-refractivity contribution in [2.45, 2.75) is 25.5 Å². The topological polar surface area (TPSA) is 24.9 Å². The minimum absolute atomic E-state index is 0.249. The van der Waals surface area contributed by atoms with Crippen LogP contribution in [-0.2, 0) is 17.7 Å². The van der Waals surface area contributed by atoms with Crippen molar-refractivity contribution in [3.8, 4) is 5.75 Å². The lowest BCUT2D eigenvalue weighted by Crippen LogP contribution is -2.40. The van der Waals surface area contributed by atoms with Crippen LogP contribution < -0.4 is 4.74 Å². The van der Waals surface area contributed by atoms with E-state index in [0.29, 0.717) is 13.5 Å². The summed E-state index contributed by atoms with van der Waals surface area (Å²) in [5, 5.41) is 0.